The zero-order valence-corrected chi connectivity index (χ0v) is 12.9. The van der Waals surface area contributed by atoms with Gasteiger partial charge in [-0.3, -0.25) is 0 Å². The molecule has 102 valence electrons. The van der Waals surface area contributed by atoms with E-state index in [0.29, 0.717) is 23.3 Å². The molecule has 0 aromatic carbocycles. The summed E-state index contributed by atoms with van der Waals surface area (Å²) in [6, 6.07) is 0.126. The van der Waals surface area contributed by atoms with E-state index in [1.165, 1.54) is 0 Å². The molecule has 18 heavy (non-hydrogen) atoms. The molecule has 1 aromatic rings. The highest BCUT2D eigenvalue weighted by atomic mass is 79.9. The van der Waals surface area contributed by atoms with Crippen LogP contribution in [0.2, 0.25) is 0 Å². The number of halogens is 1. The summed E-state index contributed by atoms with van der Waals surface area (Å²) in [6.07, 6.45) is 2.98. The minimum absolute atomic E-state index is 0.126. The van der Waals surface area contributed by atoms with Crippen molar-refractivity contribution in [2.24, 2.45) is 0 Å². The van der Waals surface area contributed by atoms with Gasteiger partial charge >= 0.3 is 0 Å². The molecule has 0 N–H and O–H groups in total. The van der Waals surface area contributed by atoms with E-state index in [1.54, 1.807) is 18.2 Å². The van der Waals surface area contributed by atoms with Crippen LogP contribution in [0, 0.1) is 13.8 Å². The molecule has 0 spiro atoms. The van der Waals surface area contributed by atoms with Crippen LogP contribution in [0.25, 0.3) is 0 Å². The van der Waals surface area contributed by atoms with Crippen LogP contribution >= 0.6 is 15.9 Å². The molecule has 1 aliphatic rings. The van der Waals surface area contributed by atoms with Gasteiger partial charge < -0.3 is 4.52 Å². The van der Waals surface area contributed by atoms with Gasteiger partial charge in [-0.1, -0.05) is 27.5 Å². The second-order valence-corrected chi connectivity index (χ2v) is 7.16. The van der Waals surface area contributed by atoms with Crippen molar-refractivity contribution in [2.75, 3.05) is 11.9 Å². The minimum atomic E-state index is -3.49. The van der Waals surface area contributed by atoms with Gasteiger partial charge in [0.25, 0.3) is 0 Å². The second-order valence-electron chi connectivity index (χ2n) is 4.54. The van der Waals surface area contributed by atoms with Gasteiger partial charge in [0.2, 0.25) is 10.0 Å². The predicted molar refractivity (Wildman–Crippen MR) is 71.3 cm³/mol. The van der Waals surface area contributed by atoms with Crippen LogP contribution in [0.5, 0.6) is 0 Å². The predicted octanol–water partition coefficient (Wildman–Crippen LogP) is 2.23. The number of nitrogens with zero attached hydrogens (tertiary/aromatic N) is 2. The van der Waals surface area contributed by atoms with E-state index in [1.807, 2.05) is 0 Å². The highest BCUT2D eigenvalue weighted by molar-refractivity contribution is 9.09. The zero-order chi connectivity index (χ0) is 13.3. The van der Waals surface area contributed by atoms with E-state index < -0.39 is 10.0 Å². The smallest absolute Gasteiger partial charge is 0.248 e. The maximum absolute atomic E-state index is 12.7. The summed E-state index contributed by atoms with van der Waals surface area (Å²) in [7, 11) is -3.49. The SMILES string of the molecule is Cc1noc(C)c1S(=O)(=O)N(CCBr)C1CCC1. The maximum Gasteiger partial charge on any atom is 0.248 e. The minimum Gasteiger partial charge on any atom is -0.360 e. The number of hydrogen-bond donors (Lipinski definition) is 0. The molecule has 0 saturated heterocycles. The van der Waals surface area contributed by atoms with E-state index >= 15 is 0 Å². The largest absolute Gasteiger partial charge is 0.360 e. The lowest BCUT2D eigenvalue weighted by Gasteiger charge is -2.36. The van der Waals surface area contributed by atoms with E-state index in [9.17, 15) is 8.42 Å². The number of sulfonamides is 1. The third-order valence-corrected chi connectivity index (χ3v) is 5.87. The first kappa shape index (κ1) is 14.0. The topological polar surface area (TPSA) is 63.4 Å². The Bertz CT molecular complexity index is 503. The molecule has 0 bridgehead atoms. The molecule has 7 heteroatoms. The van der Waals surface area contributed by atoms with Crippen LogP contribution in [0.3, 0.4) is 0 Å². The fraction of sp³-hybridized carbons (Fsp3) is 0.727. The number of hydrogen-bond acceptors (Lipinski definition) is 4. The van der Waals surface area contributed by atoms with Crippen molar-refractivity contribution in [1.82, 2.24) is 9.46 Å². The molecular weight excluding hydrogens is 320 g/mol. The van der Waals surface area contributed by atoms with Gasteiger partial charge in [0.1, 0.15) is 10.6 Å². The lowest BCUT2D eigenvalue weighted by molar-refractivity contribution is 0.228. The Kier molecular flexibility index (Phi) is 4.13. The lowest BCUT2D eigenvalue weighted by Crippen LogP contribution is -2.45. The molecular formula is C11H17BrN2O3S. The van der Waals surface area contributed by atoms with Crippen LogP contribution in [-0.2, 0) is 10.0 Å². The maximum atomic E-state index is 12.7. The van der Waals surface area contributed by atoms with Crippen molar-refractivity contribution in [2.45, 2.75) is 44.0 Å². The van der Waals surface area contributed by atoms with Crippen molar-refractivity contribution < 1.29 is 12.9 Å². The molecule has 1 aromatic heterocycles. The van der Waals surface area contributed by atoms with Crippen LogP contribution in [0.1, 0.15) is 30.7 Å². The van der Waals surface area contributed by atoms with Gasteiger partial charge in [-0.2, -0.15) is 4.31 Å². The normalized spacial score (nSPS) is 17.1. The first-order valence-corrected chi connectivity index (χ1v) is 8.55. The Morgan fingerprint density at radius 2 is 2.11 bits per heavy atom. The van der Waals surface area contributed by atoms with Gasteiger partial charge in [0, 0.05) is 17.9 Å². The summed E-state index contributed by atoms with van der Waals surface area (Å²) in [5.74, 6) is 0.367. The number of aryl methyl sites for hydroxylation is 2. The average Bonchev–Trinajstić information content (AvgIpc) is 2.55. The standard InChI is InChI=1S/C11H17BrN2O3S/c1-8-11(9(2)17-13-8)18(15,16)14(7-6-12)10-4-3-5-10/h10H,3-7H2,1-2H3. The first-order valence-electron chi connectivity index (χ1n) is 5.99. The average molecular weight is 337 g/mol. The molecule has 1 aliphatic carbocycles. The number of aromatic nitrogens is 1. The molecule has 1 heterocycles. The fourth-order valence-electron chi connectivity index (χ4n) is 2.22. The third-order valence-electron chi connectivity index (χ3n) is 3.32. The van der Waals surface area contributed by atoms with Crippen LogP contribution in [0.15, 0.2) is 9.42 Å². The zero-order valence-electron chi connectivity index (χ0n) is 10.5. The summed E-state index contributed by atoms with van der Waals surface area (Å²) in [6.45, 7) is 3.79. The van der Waals surface area contributed by atoms with Crippen molar-refractivity contribution in [3.05, 3.63) is 11.5 Å². The van der Waals surface area contributed by atoms with Gasteiger partial charge in [0.05, 0.1) is 0 Å². The summed E-state index contributed by atoms with van der Waals surface area (Å²) in [5.41, 5.74) is 0.436. The monoisotopic (exact) mass is 336 g/mol. The number of rotatable bonds is 5. The van der Waals surface area contributed by atoms with Gasteiger partial charge in [-0.05, 0) is 26.7 Å². The van der Waals surface area contributed by atoms with Crippen molar-refractivity contribution >= 4 is 26.0 Å². The Balaban J connectivity index is 2.38. The molecule has 0 radical (unpaired) electrons. The van der Waals surface area contributed by atoms with E-state index in [4.69, 9.17) is 4.52 Å². The Labute approximate surface area is 116 Å². The highest BCUT2D eigenvalue weighted by Gasteiger charge is 2.37. The summed E-state index contributed by atoms with van der Waals surface area (Å²) in [5, 5.41) is 4.37. The van der Waals surface area contributed by atoms with Gasteiger partial charge in [-0.25, -0.2) is 8.42 Å². The lowest BCUT2D eigenvalue weighted by atomic mass is 9.93. The van der Waals surface area contributed by atoms with E-state index in [2.05, 4.69) is 21.1 Å². The Morgan fingerprint density at radius 3 is 2.50 bits per heavy atom. The summed E-state index contributed by atoms with van der Waals surface area (Å²) >= 11 is 3.32. The van der Waals surface area contributed by atoms with Gasteiger partial charge in [-0.15, -0.1) is 0 Å². The molecule has 1 saturated carbocycles. The molecule has 0 unspecified atom stereocenters. The third kappa shape index (κ3) is 2.35. The molecule has 5 nitrogen and oxygen atoms in total. The Hall–Kier alpha value is -0.400. The van der Waals surface area contributed by atoms with Crippen molar-refractivity contribution in [3.8, 4) is 0 Å². The van der Waals surface area contributed by atoms with Crippen molar-refractivity contribution in [3.63, 3.8) is 0 Å². The highest BCUT2D eigenvalue weighted by Crippen LogP contribution is 2.32. The molecule has 0 amide bonds. The molecule has 1 fully saturated rings. The quantitative estimate of drug-likeness (QED) is 0.773. The van der Waals surface area contributed by atoms with Gasteiger partial charge in [0.15, 0.2) is 5.76 Å². The molecule has 0 atom stereocenters. The van der Waals surface area contributed by atoms with Crippen LogP contribution < -0.4 is 0 Å². The van der Waals surface area contributed by atoms with E-state index in [0.717, 1.165) is 19.3 Å². The molecule has 0 aliphatic heterocycles. The second kappa shape index (κ2) is 5.30. The van der Waals surface area contributed by atoms with Crippen LogP contribution in [-0.4, -0.2) is 35.8 Å². The fourth-order valence-corrected chi connectivity index (χ4v) is 4.81. The summed E-state index contributed by atoms with van der Waals surface area (Å²) in [4.78, 5) is 0.232. The van der Waals surface area contributed by atoms with Crippen molar-refractivity contribution in [1.29, 1.82) is 0 Å². The summed E-state index contributed by atoms with van der Waals surface area (Å²) < 4.78 is 31.9. The van der Waals surface area contributed by atoms with E-state index in [-0.39, 0.29) is 10.9 Å². The Morgan fingerprint density at radius 1 is 1.44 bits per heavy atom. The molecule has 2 rings (SSSR count). The first-order chi connectivity index (χ1) is 8.48. The number of alkyl halides is 1. The van der Waals surface area contributed by atoms with Crippen LogP contribution in [0.4, 0.5) is 0 Å².